The number of ether oxygens (including phenoxy) is 2. The zero-order valence-corrected chi connectivity index (χ0v) is 15.5. The Bertz CT molecular complexity index is 943. The molecule has 5 heteroatoms. The Kier molecular flexibility index (Phi) is 5.16. The summed E-state index contributed by atoms with van der Waals surface area (Å²) >= 11 is 0. The van der Waals surface area contributed by atoms with Gasteiger partial charge < -0.3 is 19.2 Å². The molecule has 0 radical (unpaired) electrons. The van der Waals surface area contributed by atoms with Crippen molar-refractivity contribution in [2.45, 2.75) is 26.8 Å². The molecule has 1 N–H and O–H groups in total. The first-order valence-corrected chi connectivity index (χ1v) is 8.46. The molecular weight excluding hydrogens is 330 g/mol. The van der Waals surface area contributed by atoms with Gasteiger partial charge in [-0.1, -0.05) is 6.07 Å². The second-order valence-electron chi connectivity index (χ2n) is 6.34. The summed E-state index contributed by atoms with van der Waals surface area (Å²) in [5, 5.41) is 3.93. The lowest BCUT2D eigenvalue weighted by Gasteiger charge is -2.10. The monoisotopic (exact) mass is 353 g/mol. The van der Waals surface area contributed by atoms with Crippen LogP contribution in [-0.4, -0.2) is 20.1 Å². The minimum atomic E-state index is -0.0549. The van der Waals surface area contributed by atoms with E-state index in [4.69, 9.17) is 13.9 Å². The van der Waals surface area contributed by atoms with E-state index in [9.17, 15) is 4.79 Å². The maximum Gasteiger partial charge on any atom is 0.224 e. The molecule has 1 heterocycles. The summed E-state index contributed by atoms with van der Waals surface area (Å²) in [6.07, 6.45) is 1.95. The van der Waals surface area contributed by atoms with Gasteiger partial charge in [-0.05, 0) is 54.8 Å². The zero-order chi connectivity index (χ0) is 18.7. The van der Waals surface area contributed by atoms with Crippen molar-refractivity contribution in [3.05, 3.63) is 58.8 Å². The lowest BCUT2D eigenvalue weighted by atomic mass is 10.0. The minimum absolute atomic E-state index is 0.0549. The van der Waals surface area contributed by atoms with Crippen LogP contribution >= 0.6 is 0 Å². The fourth-order valence-electron chi connectivity index (χ4n) is 2.90. The van der Waals surface area contributed by atoms with Crippen molar-refractivity contribution in [1.82, 2.24) is 5.32 Å². The third-order valence-corrected chi connectivity index (χ3v) is 4.56. The Morgan fingerprint density at radius 2 is 1.77 bits per heavy atom. The fourth-order valence-corrected chi connectivity index (χ4v) is 2.90. The molecule has 0 saturated carbocycles. The number of methoxy groups -OCH3 is 2. The third kappa shape index (κ3) is 3.67. The summed E-state index contributed by atoms with van der Waals surface area (Å²) in [6, 6.07) is 9.68. The second kappa shape index (κ2) is 7.52. The van der Waals surface area contributed by atoms with Gasteiger partial charge in [0.05, 0.1) is 26.9 Å². The van der Waals surface area contributed by atoms with Gasteiger partial charge in [0.25, 0.3) is 0 Å². The molecule has 0 unspecified atom stereocenters. The number of hydrogen-bond acceptors (Lipinski definition) is 4. The quantitative estimate of drug-likeness (QED) is 0.729. The molecule has 0 saturated heterocycles. The first-order chi connectivity index (χ1) is 12.5. The zero-order valence-electron chi connectivity index (χ0n) is 15.5. The van der Waals surface area contributed by atoms with E-state index in [1.807, 2.05) is 31.2 Å². The third-order valence-electron chi connectivity index (χ3n) is 4.56. The first kappa shape index (κ1) is 17.9. The predicted molar refractivity (Wildman–Crippen MR) is 101 cm³/mol. The smallest absolute Gasteiger partial charge is 0.224 e. The van der Waals surface area contributed by atoms with Crippen LogP contribution in [0.3, 0.4) is 0 Å². The highest BCUT2D eigenvalue weighted by Crippen LogP contribution is 2.28. The predicted octanol–water partition coefficient (Wildman–Crippen LogP) is 3.93. The van der Waals surface area contributed by atoms with E-state index in [0.29, 0.717) is 18.0 Å². The molecule has 0 aliphatic carbocycles. The van der Waals surface area contributed by atoms with E-state index in [-0.39, 0.29) is 12.3 Å². The van der Waals surface area contributed by atoms with Crippen LogP contribution in [0.4, 0.5) is 0 Å². The Hall–Kier alpha value is -2.95. The Balaban J connectivity index is 1.67. The molecular formula is C21H23NO4. The van der Waals surface area contributed by atoms with Crippen LogP contribution in [0.15, 0.2) is 41.0 Å². The second-order valence-corrected chi connectivity index (χ2v) is 6.34. The van der Waals surface area contributed by atoms with Crippen molar-refractivity contribution in [2.75, 3.05) is 14.2 Å². The van der Waals surface area contributed by atoms with Gasteiger partial charge in [-0.25, -0.2) is 0 Å². The van der Waals surface area contributed by atoms with Gasteiger partial charge in [0.2, 0.25) is 5.91 Å². The van der Waals surface area contributed by atoms with Crippen LogP contribution in [0.2, 0.25) is 0 Å². The van der Waals surface area contributed by atoms with Gasteiger partial charge in [0.15, 0.2) is 11.5 Å². The van der Waals surface area contributed by atoms with E-state index >= 15 is 0 Å². The number of rotatable bonds is 6. The molecule has 136 valence electrons. The number of fused-ring (bicyclic) bond motifs is 1. The molecule has 0 aliphatic heterocycles. The van der Waals surface area contributed by atoms with Crippen molar-refractivity contribution in [1.29, 1.82) is 0 Å². The summed E-state index contributed by atoms with van der Waals surface area (Å²) in [4.78, 5) is 12.3. The molecule has 0 bridgehead atoms. The molecule has 1 amide bonds. The molecule has 2 aromatic carbocycles. The maximum atomic E-state index is 12.3. The number of amides is 1. The van der Waals surface area contributed by atoms with Gasteiger partial charge in [-0.2, -0.15) is 0 Å². The molecule has 0 atom stereocenters. The average molecular weight is 353 g/mol. The van der Waals surface area contributed by atoms with Crippen molar-refractivity contribution in [3.63, 3.8) is 0 Å². The fraction of sp³-hybridized carbons (Fsp3) is 0.286. The number of carbonyl (C=O) groups excluding carboxylic acids is 1. The molecule has 3 aromatic rings. The molecule has 1 aromatic heterocycles. The molecule has 0 aliphatic rings. The lowest BCUT2D eigenvalue weighted by molar-refractivity contribution is -0.120. The van der Waals surface area contributed by atoms with Gasteiger partial charge in [0.1, 0.15) is 5.58 Å². The Morgan fingerprint density at radius 1 is 1.04 bits per heavy atom. The number of benzene rings is 2. The molecule has 3 rings (SSSR count). The van der Waals surface area contributed by atoms with E-state index in [1.54, 1.807) is 20.5 Å². The van der Waals surface area contributed by atoms with Gasteiger partial charge in [-0.3, -0.25) is 4.79 Å². The van der Waals surface area contributed by atoms with Gasteiger partial charge in [0, 0.05) is 17.5 Å². The van der Waals surface area contributed by atoms with Crippen LogP contribution in [0.25, 0.3) is 11.0 Å². The van der Waals surface area contributed by atoms with Crippen molar-refractivity contribution < 1.29 is 18.7 Å². The van der Waals surface area contributed by atoms with Crippen molar-refractivity contribution in [3.8, 4) is 11.5 Å². The number of aryl methyl sites for hydroxylation is 2. The van der Waals surface area contributed by atoms with Crippen LogP contribution < -0.4 is 14.8 Å². The van der Waals surface area contributed by atoms with Crippen LogP contribution in [0.1, 0.15) is 22.3 Å². The molecule has 26 heavy (non-hydrogen) atoms. The van der Waals surface area contributed by atoms with Crippen LogP contribution in [0, 0.1) is 13.8 Å². The summed E-state index contributed by atoms with van der Waals surface area (Å²) in [5.74, 6) is 1.25. The first-order valence-electron chi connectivity index (χ1n) is 8.46. The highest BCUT2D eigenvalue weighted by molar-refractivity contribution is 5.88. The summed E-state index contributed by atoms with van der Waals surface area (Å²) in [6.45, 7) is 4.53. The van der Waals surface area contributed by atoms with E-state index in [2.05, 4.69) is 18.3 Å². The van der Waals surface area contributed by atoms with Gasteiger partial charge >= 0.3 is 0 Å². The van der Waals surface area contributed by atoms with E-state index in [1.165, 1.54) is 11.1 Å². The number of nitrogens with one attached hydrogen (secondary N) is 1. The Morgan fingerprint density at radius 3 is 2.50 bits per heavy atom. The SMILES string of the molecule is COc1ccc(CNC(=O)Cc2coc3cc(C)c(C)cc23)cc1OC. The topological polar surface area (TPSA) is 60.7 Å². The highest BCUT2D eigenvalue weighted by Gasteiger charge is 2.12. The largest absolute Gasteiger partial charge is 0.493 e. The van der Waals surface area contributed by atoms with Gasteiger partial charge in [-0.15, -0.1) is 0 Å². The molecule has 0 spiro atoms. The number of carbonyl (C=O) groups is 1. The number of furan rings is 1. The molecule has 5 nitrogen and oxygen atoms in total. The van der Waals surface area contributed by atoms with Crippen molar-refractivity contribution in [2.24, 2.45) is 0 Å². The minimum Gasteiger partial charge on any atom is -0.493 e. The summed E-state index contributed by atoms with van der Waals surface area (Å²) in [7, 11) is 3.19. The van der Waals surface area contributed by atoms with E-state index in [0.717, 1.165) is 22.1 Å². The van der Waals surface area contributed by atoms with Crippen LogP contribution in [0.5, 0.6) is 11.5 Å². The summed E-state index contributed by atoms with van der Waals surface area (Å²) < 4.78 is 16.1. The van der Waals surface area contributed by atoms with Crippen LogP contribution in [-0.2, 0) is 17.8 Å². The van der Waals surface area contributed by atoms with Crippen molar-refractivity contribution >= 4 is 16.9 Å². The molecule has 0 fully saturated rings. The Labute approximate surface area is 152 Å². The summed E-state index contributed by atoms with van der Waals surface area (Å²) in [5.41, 5.74) is 5.02. The number of hydrogen-bond donors (Lipinski definition) is 1. The normalized spacial score (nSPS) is 10.8. The maximum absolute atomic E-state index is 12.3. The van der Waals surface area contributed by atoms with E-state index < -0.39 is 0 Å². The highest BCUT2D eigenvalue weighted by atomic mass is 16.5. The average Bonchev–Trinajstić information content (AvgIpc) is 3.01. The lowest BCUT2D eigenvalue weighted by Crippen LogP contribution is -2.24. The standard InChI is InChI=1S/C21H23NO4/c1-13-7-17-16(12-26-19(17)8-14(13)2)10-21(23)22-11-15-5-6-18(24-3)20(9-15)25-4/h5-9,12H,10-11H2,1-4H3,(H,22,23).